The van der Waals surface area contributed by atoms with Crippen molar-refractivity contribution >= 4 is 15.9 Å². The van der Waals surface area contributed by atoms with Crippen molar-refractivity contribution < 1.29 is 31.1 Å². The van der Waals surface area contributed by atoms with Gasteiger partial charge in [-0.3, -0.25) is 0 Å². The largest absolute Gasteiger partial charge is 0.457 e. The van der Waals surface area contributed by atoms with Crippen LogP contribution in [0.5, 0.6) is 11.5 Å². The third-order valence-corrected chi connectivity index (χ3v) is 3.33. The summed E-state index contributed by atoms with van der Waals surface area (Å²) in [5.74, 6) is -0.417. The number of halogens is 7. The predicted octanol–water partition coefficient (Wildman–Crippen LogP) is 6.28. The molecule has 0 aliphatic rings. The van der Waals surface area contributed by atoms with Gasteiger partial charge in [0.1, 0.15) is 11.5 Å². The van der Waals surface area contributed by atoms with Crippen molar-refractivity contribution in [2.75, 3.05) is 0 Å². The summed E-state index contributed by atoms with van der Waals surface area (Å²) in [5.41, 5.74) is -1.92. The molecule has 0 unspecified atom stereocenters. The van der Waals surface area contributed by atoms with Gasteiger partial charge < -0.3 is 4.74 Å². The molecule has 0 aliphatic heterocycles. The van der Waals surface area contributed by atoms with E-state index in [4.69, 9.17) is 4.74 Å². The molecule has 0 N–H and O–H groups in total. The third-order valence-electron chi connectivity index (χ3n) is 2.64. The molecule has 2 rings (SSSR count). The van der Waals surface area contributed by atoms with Gasteiger partial charge in [0.15, 0.2) is 0 Å². The van der Waals surface area contributed by atoms with Crippen molar-refractivity contribution in [2.45, 2.75) is 12.4 Å². The van der Waals surface area contributed by atoms with Crippen molar-refractivity contribution in [3.05, 3.63) is 58.1 Å². The second-order valence-corrected chi connectivity index (χ2v) is 5.12. The van der Waals surface area contributed by atoms with E-state index in [9.17, 15) is 26.3 Å². The smallest absolute Gasteiger partial charge is 0.417 e. The van der Waals surface area contributed by atoms with E-state index in [1.807, 2.05) is 0 Å². The lowest BCUT2D eigenvalue weighted by molar-refractivity contribution is -0.138. The van der Waals surface area contributed by atoms with Crippen LogP contribution in [0.4, 0.5) is 26.3 Å². The highest BCUT2D eigenvalue weighted by Gasteiger charge is 2.33. The maximum atomic E-state index is 12.8. The van der Waals surface area contributed by atoms with Gasteiger partial charge in [-0.1, -0.05) is 22.0 Å². The van der Waals surface area contributed by atoms with E-state index in [1.54, 1.807) is 0 Å². The van der Waals surface area contributed by atoms with Crippen LogP contribution in [-0.2, 0) is 12.4 Å². The molecule has 1 nitrogen and oxygen atoms in total. The van der Waals surface area contributed by atoms with Gasteiger partial charge in [0.2, 0.25) is 0 Å². The Morgan fingerprint density at radius 2 is 1.41 bits per heavy atom. The molecule has 0 spiro atoms. The van der Waals surface area contributed by atoms with E-state index >= 15 is 0 Å². The van der Waals surface area contributed by atoms with Crippen molar-refractivity contribution in [3.8, 4) is 11.5 Å². The number of rotatable bonds is 2. The van der Waals surface area contributed by atoms with E-state index in [0.29, 0.717) is 6.07 Å². The van der Waals surface area contributed by atoms with Crippen molar-refractivity contribution in [1.29, 1.82) is 0 Å². The molecule has 0 heterocycles. The lowest BCUT2D eigenvalue weighted by Gasteiger charge is -2.13. The highest BCUT2D eigenvalue weighted by molar-refractivity contribution is 9.10. The average Bonchev–Trinajstić information content (AvgIpc) is 2.39. The molecule has 0 radical (unpaired) electrons. The number of hydrogen-bond acceptors (Lipinski definition) is 1. The summed E-state index contributed by atoms with van der Waals surface area (Å²) in [6.07, 6.45) is -9.16. The highest BCUT2D eigenvalue weighted by atomic mass is 79.9. The van der Waals surface area contributed by atoms with Crippen molar-refractivity contribution in [3.63, 3.8) is 0 Å². The molecule has 2 aromatic rings. The SMILES string of the molecule is FC(F)(F)c1cccc(Oc2ccc(Br)c(C(F)(F)F)c2)c1. The Balaban J connectivity index is 2.32. The summed E-state index contributed by atoms with van der Waals surface area (Å²) >= 11 is 2.77. The Labute approximate surface area is 129 Å². The molecule has 118 valence electrons. The number of ether oxygens (including phenoxy) is 1. The molecule has 0 aromatic heterocycles. The fraction of sp³-hybridized carbons (Fsp3) is 0.143. The fourth-order valence-corrected chi connectivity index (χ4v) is 2.13. The van der Waals surface area contributed by atoms with Crippen LogP contribution in [0.2, 0.25) is 0 Å². The zero-order valence-electron chi connectivity index (χ0n) is 10.6. The van der Waals surface area contributed by atoms with Crippen LogP contribution in [0, 0.1) is 0 Å². The highest BCUT2D eigenvalue weighted by Crippen LogP contribution is 2.38. The standard InChI is InChI=1S/C14H7BrF6O/c15-12-5-4-10(7-11(12)14(19,20)21)22-9-3-1-2-8(6-9)13(16,17)18/h1-7H. The van der Waals surface area contributed by atoms with Crippen molar-refractivity contribution in [1.82, 2.24) is 0 Å². The van der Waals surface area contributed by atoms with Crippen LogP contribution in [-0.4, -0.2) is 0 Å². The van der Waals surface area contributed by atoms with Gasteiger partial charge in [0.25, 0.3) is 0 Å². The summed E-state index contributed by atoms with van der Waals surface area (Å²) in [6.45, 7) is 0. The molecule has 0 amide bonds. The summed E-state index contributed by atoms with van der Waals surface area (Å²) in [6, 6.07) is 6.95. The monoisotopic (exact) mass is 384 g/mol. The Hall–Kier alpha value is -1.70. The zero-order valence-corrected chi connectivity index (χ0v) is 12.2. The van der Waals surface area contributed by atoms with E-state index in [1.165, 1.54) is 12.1 Å². The summed E-state index contributed by atoms with van der Waals surface area (Å²) in [5, 5.41) is 0. The van der Waals surface area contributed by atoms with Gasteiger partial charge >= 0.3 is 12.4 Å². The van der Waals surface area contributed by atoms with Crippen LogP contribution in [0.25, 0.3) is 0 Å². The van der Waals surface area contributed by atoms with Gasteiger partial charge in [-0.2, -0.15) is 26.3 Å². The molecule has 0 atom stereocenters. The Bertz CT molecular complexity index is 678. The summed E-state index contributed by atoms with van der Waals surface area (Å²) < 4.78 is 80.9. The lowest BCUT2D eigenvalue weighted by Crippen LogP contribution is -2.06. The first-order valence-electron chi connectivity index (χ1n) is 5.79. The van der Waals surface area contributed by atoms with Gasteiger partial charge in [-0.05, 0) is 36.4 Å². The molecule has 0 aliphatic carbocycles. The molecule has 8 heteroatoms. The Kier molecular flexibility index (Phi) is 4.42. The normalized spacial score (nSPS) is 12.3. The molecule has 22 heavy (non-hydrogen) atoms. The average molecular weight is 385 g/mol. The van der Waals surface area contributed by atoms with E-state index in [0.717, 1.165) is 24.3 Å². The molecular weight excluding hydrogens is 378 g/mol. The third kappa shape index (κ3) is 3.94. The number of hydrogen-bond donors (Lipinski definition) is 0. The van der Waals surface area contributed by atoms with E-state index in [2.05, 4.69) is 15.9 Å². The van der Waals surface area contributed by atoms with E-state index in [-0.39, 0.29) is 16.0 Å². The molecule has 0 saturated carbocycles. The zero-order chi connectivity index (χ0) is 16.5. The second-order valence-electron chi connectivity index (χ2n) is 4.27. The van der Waals surface area contributed by atoms with Gasteiger partial charge in [0.05, 0.1) is 11.1 Å². The van der Waals surface area contributed by atoms with E-state index < -0.39 is 23.5 Å². The van der Waals surface area contributed by atoms with Crippen LogP contribution in [0.3, 0.4) is 0 Å². The number of benzene rings is 2. The summed E-state index contributed by atoms with van der Waals surface area (Å²) in [4.78, 5) is 0. The number of alkyl halides is 6. The Morgan fingerprint density at radius 1 is 0.773 bits per heavy atom. The van der Waals surface area contributed by atoms with Crippen LogP contribution in [0.1, 0.15) is 11.1 Å². The maximum absolute atomic E-state index is 12.8. The maximum Gasteiger partial charge on any atom is 0.417 e. The minimum atomic E-state index is -4.61. The Morgan fingerprint density at radius 3 is 2.00 bits per heavy atom. The van der Waals surface area contributed by atoms with Crippen LogP contribution >= 0.6 is 15.9 Å². The van der Waals surface area contributed by atoms with Crippen molar-refractivity contribution in [2.24, 2.45) is 0 Å². The molecule has 0 saturated heterocycles. The predicted molar refractivity (Wildman–Crippen MR) is 70.7 cm³/mol. The minimum absolute atomic E-state index is 0.184. The van der Waals surface area contributed by atoms with Crippen LogP contribution in [0.15, 0.2) is 46.9 Å². The molecule has 0 bridgehead atoms. The van der Waals surface area contributed by atoms with Gasteiger partial charge in [0, 0.05) is 4.47 Å². The first-order chi connectivity index (χ1) is 10.1. The first-order valence-corrected chi connectivity index (χ1v) is 6.58. The van der Waals surface area contributed by atoms with Gasteiger partial charge in [-0.25, -0.2) is 0 Å². The summed E-state index contributed by atoms with van der Waals surface area (Å²) in [7, 11) is 0. The molecule has 0 fully saturated rings. The molecule has 2 aromatic carbocycles. The molecular formula is C14H7BrF6O. The lowest BCUT2D eigenvalue weighted by atomic mass is 10.2. The fourth-order valence-electron chi connectivity index (χ4n) is 1.66. The quantitative estimate of drug-likeness (QED) is 0.553. The second kappa shape index (κ2) is 5.83. The van der Waals surface area contributed by atoms with Gasteiger partial charge in [-0.15, -0.1) is 0 Å². The van der Waals surface area contributed by atoms with Crippen LogP contribution < -0.4 is 4.74 Å². The minimum Gasteiger partial charge on any atom is -0.457 e. The topological polar surface area (TPSA) is 9.23 Å². The first kappa shape index (κ1) is 16.7.